The molecule has 0 saturated carbocycles. The van der Waals surface area contributed by atoms with Gasteiger partial charge in [-0.15, -0.1) is 0 Å². The average molecular weight is 341 g/mol. The molecule has 0 atom stereocenters. The molecule has 0 saturated heterocycles. The molecular formula is C15H18F3N5O. The van der Waals surface area contributed by atoms with E-state index in [1.165, 1.54) is 23.4 Å². The summed E-state index contributed by atoms with van der Waals surface area (Å²) in [5.74, 6) is 0.649. The maximum absolute atomic E-state index is 12.5. The van der Waals surface area contributed by atoms with Crippen molar-refractivity contribution < 1.29 is 18.0 Å². The molecule has 0 fully saturated rings. The van der Waals surface area contributed by atoms with Crippen LogP contribution in [0.25, 0.3) is 0 Å². The van der Waals surface area contributed by atoms with E-state index in [0.717, 1.165) is 17.7 Å². The Morgan fingerprint density at radius 1 is 1.29 bits per heavy atom. The van der Waals surface area contributed by atoms with Gasteiger partial charge in [0.2, 0.25) is 0 Å². The number of carbonyl (C=O) groups is 1. The van der Waals surface area contributed by atoms with Crippen molar-refractivity contribution in [1.29, 1.82) is 0 Å². The first kappa shape index (κ1) is 17.8. The summed E-state index contributed by atoms with van der Waals surface area (Å²) >= 11 is 0. The van der Waals surface area contributed by atoms with Crippen molar-refractivity contribution in [2.24, 2.45) is 7.05 Å². The van der Waals surface area contributed by atoms with Gasteiger partial charge in [0.25, 0.3) is 0 Å². The number of alkyl halides is 3. The molecule has 1 aromatic heterocycles. The van der Waals surface area contributed by atoms with Gasteiger partial charge in [0.15, 0.2) is 0 Å². The van der Waals surface area contributed by atoms with Gasteiger partial charge in [-0.05, 0) is 24.1 Å². The van der Waals surface area contributed by atoms with E-state index in [4.69, 9.17) is 0 Å². The van der Waals surface area contributed by atoms with E-state index >= 15 is 0 Å². The number of hydrogen-bond acceptors (Lipinski definition) is 3. The number of aryl methyl sites for hydroxylation is 1. The Balaban J connectivity index is 1.79. The molecule has 9 heteroatoms. The third kappa shape index (κ3) is 4.71. The van der Waals surface area contributed by atoms with Crippen LogP contribution in [0.2, 0.25) is 0 Å². The molecule has 0 unspecified atom stereocenters. The molecule has 2 amide bonds. The number of benzene rings is 1. The highest BCUT2D eigenvalue weighted by Gasteiger charge is 2.29. The van der Waals surface area contributed by atoms with Gasteiger partial charge in [-0.1, -0.05) is 12.1 Å². The molecule has 1 aromatic carbocycles. The van der Waals surface area contributed by atoms with Crippen molar-refractivity contribution in [1.82, 2.24) is 25.0 Å². The quantitative estimate of drug-likeness (QED) is 0.907. The van der Waals surface area contributed by atoms with Gasteiger partial charge in [0.05, 0.1) is 12.1 Å². The van der Waals surface area contributed by atoms with Crippen molar-refractivity contribution in [2.45, 2.75) is 19.1 Å². The van der Waals surface area contributed by atoms with Crippen LogP contribution in [0.1, 0.15) is 17.0 Å². The summed E-state index contributed by atoms with van der Waals surface area (Å²) in [4.78, 5) is 17.5. The Morgan fingerprint density at radius 2 is 1.96 bits per heavy atom. The highest BCUT2D eigenvalue weighted by Crippen LogP contribution is 2.29. The zero-order chi connectivity index (χ0) is 17.7. The maximum Gasteiger partial charge on any atom is 0.416 e. The van der Waals surface area contributed by atoms with E-state index in [0.29, 0.717) is 25.3 Å². The van der Waals surface area contributed by atoms with Gasteiger partial charge in [0.1, 0.15) is 12.2 Å². The highest BCUT2D eigenvalue weighted by atomic mass is 19.4. The van der Waals surface area contributed by atoms with Gasteiger partial charge in [-0.2, -0.15) is 18.3 Å². The predicted octanol–water partition coefficient (Wildman–Crippen LogP) is 2.22. The Kier molecular flexibility index (Phi) is 5.42. The molecule has 0 aliphatic rings. The average Bonchev–Trinajstić information content (AvgIpc) is 2.92. The Hall–Kier alpha value is -2.58. The van der Waals surface area contributed by atoms with Crippen molar-refractivity contribution >= 4 is 6.03 Å². The minimum absolute atomic E-state index is 0.287. The molecule has 1 N–H and O–H groups in total. The molecule has 0 radical (unpaired) electrons. The molecule has 1 heterocycles. The van der Waals surface area contributed by atoms with E-state index in [1.807, 2.05) is 0 Å². The van der Waals surface area contributed by atoms with Crippen LogP contribution in [0.3, 0.4) is 0 Å². The summed E-state index contributed by atoms with van der Waals surface area (Å²) < 4.78 is 39.0. The number of nitrogens with one attached hydrogen (secondary N) is 1. The summed E-state index contributed by atoms with van der Waals surface area (Å²) in [5, 5.41) is 6.64. The fraction of sp³-hybridized carbons (Fsp3) is 0.400. The molecule has 2 rings (SSSR count). The van der Waals surface area contributed by atoms with Gasteiger partial charge < -0.3 is 10.2 Å². The summed E-state index contributed by atoms with van der Waals surface area (Å²) in [6.07, 6.45) is -2.48. The van der Waals surface area contributed by atoms with Crippen molar-refractivity contribution in [3.8, 4) is 0 Å². The third-order valence-electron chi connectivity index (χ3n) is 3.50. The van der Waals surface area contributed by atoms with Crippen LogP contribution in [0.15, 0.2) is 30.6 Å². The lowest BCUT2D eigenvalue weighted by atomic mass is 10.1. The zero-order valence-corrected chi connectivity index (χ0v) is 13.3. The lowest BCUT2D eigenvalue weighted by Gasteiger charge is -2.17. The molecule has 2 aromatic rings. The summed E-state index contributed by atoms with van der Waals surface area (Å²) in [6, 6.07) is 4.62. The molecule has 24 heavy (non-hydrogen) atoms. The Labute approximate surface area is 137 Å². The van der Waals surface area contributed by atoms with Gasteiger partial charge >= 0.3 is 12.2 Å². The lowest BCUT2D eigenvalue weighted by molar-refractivity contribution is -0.137. The smallest absolute Gasteiger partial charge is 0.338 e. The van der Waals surface area contributed by atoms with Gasteiger partial charge in [0, 0.05) is 20.6 Å². The first-order valence-corrected chi connectivity index (χ1v) is 7.25. The minimum Gasteiger partial charge on any atom is -0.338 e. The fourth-order valence-corrected chi connectivity index (χ4v) is 2.06. The number of hydrogen-bond donors (Lipinski definition) is 1. The number of urea groups is 1. The van der Waals surface area contributed by atoms with Crippen molar-refractivity contribution in [3.05, 3.63) is 47.5 Å². The number of rotatable bonds is 5. The van der Waals surface area contributed by atoms with Crippen LogP contribution in [-0.4, -0.2) is 39.3 Å². The molecule has 0 aliphatic heterocycles. The van der Waals surface area contributed by atoms with Crippen LogP contribution < -0.4 is 5.32 Å². The Bertz CT molecular complexity index is 681. The van der Waals surface area contributed by atoms with Crippen LogP contribution in [0.5, 0.6) is 0 Å². The van der Waals surface area contributed by atoms with Crippen molar-refractivity contribution in [2.75, 3.05) is 13.6 Å². The first-order valence-electron chi connectivity index (χ1n) is 7.25. The SMILES string of the molecule is CN(Cc1ncnn1C)C(=O)NCCc1ccc(C(F)(F)F)cc1. The molecule has 6 nitrogen and oxygen atoms in total. The van der Waals surface area contributed by atoms with E-state index in [1.54, 1.807) is 18.8 Å². The Morgan fingerprint density at radius 3 is 2.50 bits per heavy atom. The van der Waals surface area contributed by atoms with E-state index in [9.17, 15) is 18.0 Å². The molecular weight excluding hydrogens is 323 g/mol. The van der Waals surface area contributed by atoms with E-state index in [-0.39, 0.29) is 6.03 Å². The van der Waals surface area contributed by atoms with Crippen LogP contribution >= 0.6 is 0 Å². The third-order valence-corrected chi connectivity index (χ3v) is 3.50. The summed E-state index contributed by atoms with van der Waals surface area (Å²) in [7, 11) is 3.36. The van der Waals surface area contributed by atoms with E-state index in [2.05, 4.69) is 15.4 Å². The molecule has 0 bridgehead atoms. The fourth-order valence-electron chi connectivity index (χ4n) is 2.06. The normalized spacial score (nSPS) is 11.4. The van der Waals surface area contributed by atoms with Gasteiger partial charge in [-0.3, -0.25) is 4.68 Å². The van der Waals surface area contributed by atoms with Crippen LogP contribution in [-0.2, 0) is 26.2 Å². The largest absolute Gasteiger partial charge is 0.416 e. The number of halogens is 3. The first-order chi connectivity index (χ1) is 11.3. The molecule has 0 aliphatic carbocycles. The predicted molar refractivity (Wildman–Crippen MR) is 81.0 cm³/mol. The second-order valence-corrected chi connectivity index (χ2v) is 5.33. The number of nitrogens with zero attached hydrogens (tertiary/aromatic N) is 4. The summed E-state index contributed by atoms with van der Waals surface area (Å²) in [5.41, 5.74) is 0.0398. The topological polar surface area (TPSA) is 63.1 Å². The van der Waals surface area contributed by atoms with E-state index < -0.39 is 11.7 Å². The number of carbonyl (C=O) groups excluding carboxylic acids is 1. The summed E-state index contributed by atoms with van der Waals surface area (Å²) in [6.45, 7) is 0.635. The number of amides is 2. The van der Waals surface area contributed by atoms with Crippen LogP contribution in [0, 0.1) is 0 Å². The van der Waals surface area contributed by atoms with Crippen molar-refractivity contribution in [3.63, 3.8) is 0 Å². The number of aromatic nitrogens is 3. The van der Waals surface area contributed by atoms with Crippen LogP contribution in [0.4, 0.5) is 18.0 Å². The zero-order valence-electron chi connectivity index (χ0n) is 13.3. The lowest BCUT2D eigenvalue weighted by Crippen LogP contribution is -2.38. The maximum atomic E-state index is 12.5. The van der Waals surface area contributed by atoms with Gasteiger partial charge in [-0.25, -0.2) is 9.78 Å². The minimum atomic E-state index is -4.34. The monoisotopic (exact) mass is 341 g/mol. The highest BCUT2D eigenvalue weighted by molar-refractivity contribution is 5.73. The second kappa shape index (κ2) is 7.33. The molecule has 130 valence electrons. The molecule has 0 spiro atoms. The second-order valence-electron chi connectivity index (χ2n) is 5.33. The standard InChI is InChI=1S/C15H18F3N5O/c1-22(9-13-20-10-21-23(13)2)14(24)19-8-7-11-3-5-12(6-4-11)15(16,17)18/h3-6,10H,7-9H2,1-2H3,(H,19,24).